The van der Waals surface area contributed by atoms with Gasteiger partial charge in [-0.1, -0.05) is 12.1 Å². The Kier molecular flexibility index (Phi) is 7.28. The molecule has 1 heterocycles. The van der Waals surface area contributed by atoms with E-state index in [-0.39, 0.29) is 5.57 Å². The minimum Gasteiger partial charge on any atom is -0.465 e. The summed E-state index contributed by atoms with van der Waals surface area (Å²) in [4.78, 5) is 39.8. The van der Waals surface area contributed by atoms with Gasteiger partial charge in [0.2, 0.25) is 0 Å². The fourth-order valence-corrected chi connectivity index (χ4v) is 4.65. The molecule has 0 bridgehead atoms. The number of aryl methyl sites for hydroxylation is 1. The number of hydrogen-bond acceptors (Lipinski definition) is 8. The molecule has 1 aromatic heterocycles. The number of nitrogens with zero attached hydrogens (tertiary/aromatic N) is 2. The van der Waals surface area contributed by atoms with Gasteiger partial charge in [-0.2, -0.15) is 5.26 Å². The smallest absolute Gasteiger partial charge is 0.349 e. The summed E-state index contributed by atoms with van der Waals surface area (Å²) in [6.45, 7) is -0.583. The van der Waals surface area contributed by atoms with Crippen LogP contribution in [0.4, 0.5) is 10.7 Å². The standard InChI is InChI=1S/C23H23N3O5S/c1-26(2)16-9-7-14(8-10-16)11-15(12-24)22(28)31-13-19(27)25-21-20(23(29)30-3)17-5-4-6-18(17)32-21/h7-11H,4-6,13H2,1-3H3,(H,25,27)/b15-11+. The van der Waals surface area contributed by atoms with Gasteiger partial charge in [-0.3, -0.25) is 4.79 Å². The number of anilines is 2. The molecule has 1 aliphatic rings. The molecule has 32 heavy (non-hydrogen) atoms. The van der Waals surface area contributed by atoms with Gasteiger partial charge in [0.15, 0.2) is 6.61 Å². The molecule has 1 N–H and O–H groups in total. The molecule has 1 aliphatic carbocycles. The Morgan fingerprint density at radius 2 is 1.94 bits per heavy atom. The van der Waals surface area contributed by atoms with Gasteiger partial charge in [0.25, 0.3) is 5.91 Å². The Morgan fingerprint density at radius 1 is 1.22 bits per heavy atom. The summed E-state index contributed by atoms with van der Waals surface area (Å²) >= 11 is 1.33. The van der Waals surface area contributed by atoms with Crippen molar-refractivity contribution in [2.24, 2.45) is 0 Å². The number of nitrogens with one attached hydrogen (secondary N) is 1. The molecule has 0 fully saturated rings. The predicted molar refractivity (Wildman–Crippen MR) is 122 cm³/mol. The normalized spacial score (nSPS) is 12.5. The molecular weight excluding hydrogens is 430 g/mol. The molecule has 0 aliphatic heterocycles. The number of carbonyl (C=O) groups is 3. The minimum atomic E-state index is -0.902. The first kappa shape index (κ1) is 23.0. The van der Waals surface area contributed by atoms with Crippen molar-refractivity contribution in [2.45, 2.75) is 19.3 Å². The van der Waals surface area contributed by atoms with Gasteiger partial charge in [-0.05, 0) is 48.6 Å². The van der Waals surface area contributed by atoms with Crippen LogP contribution in [-0.2, 0) is 31.9 Å². The molecule has 166 valence electrons. The van der Waals surface area contributed by atoms with Gasteiger partial charge in [0, 0.05) is 24.7 Å². The summed E-state index contributed by atoms with van der Waals surface area (Å²) in [6, 6.07) is 9.07. The van der Waals surface area contributed by atoms with E-state index >= 15 is 0 Å². The van der Waals surface area contributed by atoms with Gasteiger partial charge < -0.3 is 19.7 Å². The third-order valence-corrected chi connectivity index (χ3v) is 6.17. The average molecular weight is 454 g/mol. The third-order valence-electron chi connectivity index (χ3n) is 4.96. The number of esters is 2. The molecule has 1 amide bonds. The highest BCUT2D eigenvalue weighted by atomic mass is 32.1. The fourth-order valence-electron chi connectivity index (χ4n) is 3.35. The van der Waals surface area contributed by atoms with E-state index in [9.17, 15) is 19.6 Å². The van der Waals surface area contributed by atoms with E-state index in [1.54, 1.807) is 18.2 Å². The molecule has 0 unspecified atom stereocenters. The molecule has 0 spiro atoms. The van der Waals surface area contributed by atoms with E-state index < -0.39 is 24.5 Å². The van der Waals surface area contributed by atoms with Crippen molar-refractivity contribution in [3.8, 4) is 6.07 Å². The Morgan fingerprint density at radius 3 is 2.56 bits per heavy atom. The maximum absolute atomic E-state index is 12.3. The van der Waals surface area contributed by atoms with Crippen LogP contribution in [-0.4, -0.2) is 45.7 Å². The quantitative estimate of drug-likeness (QED) is 0.390. The third kappa shape index (κ3) is 5.15. The second-order valence-electron chi connectivity index (χ2n) is 7.33. The summed E-state index contributed by atoms with van der Waals surface area (Å²) in [6.07, 6.45) is 3.96. The summed E-state index contributed by atoms with van der Waals surface area (Å²) in [5.41, 5.74) is 2.68. The lowest BCUT2D eigenvalue weighted by molar-refractivity contribution is -0.142. The maximum Gasteiger partial charge on any atom is 0.349 e. The Balaban J connectivity index is 1.64. The van der Waals surface area contributed by atoms with Crippen LogP contribution < -0.4 is 10.2 Å². The van der Waals surface area contributed by atoms with Gasteiger partial charge in [0.05, 0.1) is 12.7 Å². The lowest BCUT2D eigenvalue weighted by Crippen LogP contribution is -2.22. The summed E-state index contributed by atoms with van der Waals surface area (Å²) in [5.74, 6) is -2.01. The van der Waals surface area contributed by atoms with Gasteiger partial charge in [-0.25, -0.2) is 9.59 Å². The second kappa shape index (κ2) is 10.1. The first-order chi connectivity index (χ1) is 15.3. The molecule has 8 nitrogen and oxygen atoms in total. The number of rotatable bonds is 7. The van der Waals surface area contributed by atoms with Crippen molar-refractivity contribution in [3.05, 3.63) is 51.4 Å². The van der Waals surface area contributed by atoms with E-state index in [1.807, 2.05) is 31.1 Å². The number of benzene rings is 1. The van der Waals surface area contributed by atoms with Crippen molar-refractivity contribution in [2.75, 3.05) is 38.0 Å². The monoisotopic (exact) mass is 453 g/mol. The van der Waals surface area contributed by atoms with Crippen LogP contribution in [0.5, 0.6) is 0 Å². The number of ether oxygens (including phenoxy) is 2. The fraction of sp³-hybridized carbons (Fsp3) is 0.304. The number of methoxy groups -OCH3 is 1. The zero-order valence-electron chi connectivity index (χ0n) is 18.1. The van der Waals surface area contributed by atoms with E-state index in [0.717, 1.165) is 35.4 Å². The first-order valence-corrected chi connectivity index (χ1v) is 10.7. The van der Waals surface area contributed by atoms with Crippen molar-refractivity contribution < 1.29 is 23.9 Å². The van der Waals surface area contributed by atoms with E-state index in [0.29, 0.717) is 16.1 Å². The highest BCUT2D eigenvalue weighted by molar-refractivity contribution is 7.17. The van der Waals surface area contributed by atoms with Gasteiger partial charge in [-0.15, -0.1) is 11.3 Å². The average Bonchev–Trinajstić information content (AvgIpc) is 3.36. The zero-order chi connectivity index (χ0) is 23.3. The predicted octanol–water partition coefficient (Wildman–Crippen LogP) is 3.18. The van der Waals surface area contributed by atoms with Crippen molar-refractivity contribution >= 4 is 45.9 Å². The molecule has 3 rings (SSSR count). The maximum atomic E-state index is 12.3. The van der Waals surface area contributed by atoms with E-state index in [1.165, 1.54) is 24.5 Å². The zero-order valence-corrected chi connectivity index (χ0v) is 18.9. The minimum absolute atomic E-state index is 0.222. The van der Waals surface area contributed by atoms with Crippen molar-refractivity contribution in [1.29, 1.82) is 5.26 Å². The topological polar surface area (TPSA) is 109 Å². The lowest BCUT2D eigenvalue weighted by atomic mass is 10.1. The summed E-state index contributed by atoms with van der Waals surface area (Å²) in [5, 5.41) is 12.3. The Labute approximate surface area is 190 Å². The molecule has 0 saturated carbocycles. The van der Waals surface area contributed by atoms with Gasteiger partial charge in [0.1, 0.15) is 16.6 Å². The molecule has 1 aromatic carbocycles. The number of nitriles is 1. The summed E-state index contributed by atoms with van der Waals surface area (Å²) in [7, 11) is 5.11. The first-order valence-electron chi connectivity index (χ1n) is 9.93. The highest BCUT2D eigenvalue weighted by Gasteiger charge is 2.28. The largest absolute Gasteiger partial charge is 0.465 e. The molecule has 0 atom stereocenters. The second-order valence-corrected chi connectivity index (χ2v) is 8.44. The lowest BCUT2D eigenvalue weighted by Gasteiger charge is -2.11. The Hall–Kier alpha value is -3.64. The van der Waals surface area contributed by atoms with Crippen LogP contribution in [0.15, 0.2) is 29.8 Å². The number of amides is 1. The molecule has 2 aromatic rings. The molecule has 9 heteroatoms. The number of carbonyl (C=O) groups excluding carboxylic acids is 3. The van der Waals surface area contributed by atoms with Crippen LogP contribution in [0.3, 0.4) is 0 Å². The van der Waals surface area contributed by atoms with Crippen LogP contribution in [0.2, 0.25) is 0 Å². The van der Waals surface area contributed by atoms with Crippen LogP contribution in [0.1, 0.15) is 32.8 Å². The van der Waals surface area contributed by atoms with Crippen molar-refractivity contribution in [3.63, 3.8) is 0 Å². The Bertz CT molecular complexity index is 1110. The van der Waals surface area contributed by atoms with Crippen LogP contribution >= 0.6 is 11.3 Å². The number of hydrogen-bond donors (Lipinski definition) is 1. The van der Waals surface area contributed by atoms with Crippen molar-refractivity contribution in [1.82, 2.24) is 0 Å². The highest BCUT2D eigenvalue weighted by Crippen LogP contribution is 2.39. The van der Waals surface area contributed by atoms with E-state index in [4.69, 9.17) is 9.47 Å². The SMILES string of the molecule is COC(=O)c1c(NC(=O)COC(=O)/C(C#N)=C/c2ccc(N(C)C)cc2)sc2c1CCC2. The van der Waals surface area contributed by atoms with E-state index in [2.05, 4.69) is 5.32 Å². The molecular formula is C23H23N3O5S. The van der Waals surface area contributed by atoms with Crippen LogP contribution in [0, 0.1) is 11.3 Å². The number of thiophene rings is 1. The number of fused-ring (bicyclic) bond motifs is 1. The molecule has 0 saturated heterocycles. The summed E-state index contributed by atoms with van der Waals surface area (Å²) < 4.78 is 9.85. The molecule has 0 radical (unpaired) electrons. The van der Waals surface area contributed by atoms with Gasteiger partial charge >= 0.3 is 11.9 Å². The van der Waals surface area contributed by atoms with Crippen LogP contribution in [0.25, 0.3) is 6.08 Å².